The molecule has 0 aromatic carbocycles. The summed E-state index contributed by atoms with van der Waals surface area (Å²) >= 11 is 0. The SMILES string of the molecule is CC/C=C\C/C=C\C/C=C\C/C=C\CCCCCCCCCCCOCC(COC1OC(CO)C(O)C(OS(=O)(=O)O)C1O)OC(=O)CCCCCCCCCCCCCCC/C=C\CCCCCCCCCC. The molecule has 0 bridgehead atoms. The molecule has 6 unspecified atom stereocenters. The fraction of sp³-hybridized carbons (Fsp3) is 0.820. The van der Waals surface area contributed by atoms with E-state index in [0.717, 1.165) is 70.6 Å². The highest BCUT2D eigenvalue weighted by atomic mass is 32.3. The average Bonchev–Trinajstić information content (AvgIpc) is 3.38. The number of carbonyl (C=O) groups excluding carboxylic acids is 1. The molecule has 74 heavy (non-hydrogen) atoms. The number of hydrogen-bond donors (Lipinski definition) is 4. The van der Waals surface area contributed by atoms with Crippen molar-refractivity contribution in [2.75, 3.05) is 26.4 Å². The molecule has 1 fully saturated rings. The minimum Gasteiger partial charge on any atom is -0.457 e. The molecule has 0 aromatic heterocycles. The highest BCUT2D eigenvalue weighted by Gasteiger charge is 2.48. The zero-order chi connectivity index (χ0) is 53.8. The molecular weight excluding hydrogens is 957 g/mol. The van der Waals surface area contributed by atoms with E-state index in [9.17, 15) is 33.1 Å². The highest BCUT2D eigenvalue weighted by molar-refractivity contribution is 7.80. The molecule has 0 amide bonds. The number of unbranched alkanes of at least 4 members (excludes halogenated alkanes) is 30. The second kappa shape index (κ2) is 51.6. The third-order valence-corrected chi connectivity index (χ3v) is 14.1. The van der Waals surface area contributed by atoms with Gasteiger partial charge in [-0.15, -0.1) is 0 Å². The van der Waals surface area contributed by atoms with Gasteiger partial charge in [-0.2, -0.15) is 8.42 Å². The molecule has 0 spiro atoms. The first-order valence-corrected chi connectivity index (χ1v) is 31.4. The number of ether oxygens (including phenoxy) is 4. The van der Waals surface area contributed by atoms with Gasteiger partial charge in [0.25, 0.3) is 0 Å². The highest BCUT2D eigenvalue weighted by Crippen LogP contribution is 2.26. The Morgan fingerprint density at radius 1 is 0.527 bits per heavy atom. The first-order chi connectivity index (χ1) is 36.1. The van der Waals surface area contributed by atoms with E-state index in [-0.39, 0.29) is 19.6 Å². The van der Waals surface area contributed by atoms with E-state index < -0.39 is 59.8 Å². The molecular formula is C61H110O12S. The van der Waals surface area contributed by atoms with E-state index in [1.807, 2.05) is 0 Å². The van der Waals surface area contributed by atoms with Crippen molar-refractivity contribution in [3.63, 3.8) is 0 Å². The Labute approximate surface area is 452 Å². The number of aliphatic hydroxyl groups excluding tert-OH is 3. The Morgan fingerprint density at radius 2 is 0.932 bits per heavy atom. The number of aliphatic hydroxyl groups is 3. The third-order valence-electron chi connectivity index (χ3n) is 13.6. The molecule has 0 aliphatic carbocycles. The first kappa shape index (κ1) is 69.8. The van der Waals surface area contributed by atoms with Crippen LogP contribution in [0.3, 0.4) is 0 Å². The fourth-order valence-corrected chi connectivity index (χ4v) is 9.64. The number of esters is 1. The van der Waals surface area contributed by atoms with Crippen LogP contribution in [0.15, 0.2) is 60.8 Å². The van der Waals surface area contributed by atoms with E-state index in [1.165, 1.54) is 161 Å². The molecule has 0 saturated carbocycles. The van der Waals surface area contributed by atoms with Crippen LogP contribution in [0.1, 0.15) is 258 Å². The normalized spacial score (nSPS) is 19.1. The second-order valence-electron chi connectivity index (χ2n) is 20.6. The lowest BCUT2D eigenvalue weighted by Gasteiger charge is -2.41. The predicted octanol–water partition coefficient (Wildman–Crippen LogP) is 15.2. The third kappa shape index (κ3) is 43.9. The van der Waals surface area contributed by atoms with Gasteiger partial charge in [0, 0.05) is 13.0 Å². The zero-order valence-corrected chi connectivity index (χ0v) is 47.7. The van der Waals surface area contributed by atoms with Crippen LogP contribution in [0.25, 0.3) is 0 Å². The first-order valence-electron chi connectivity index (χ1n) is 30.0. The van der Waals surface area contributed by atoms with Crippen LogP contribution in [-0.4, -0.2) is 97.5 Å². The summed E-state index contributed by atoms with van der Waals surface area (Å²) in [7, 11) is -5.07. The molecule has 4 N–H and O–H groups in total. The van der Waals surface area contributed by atoms with Crippen molar-refractivity contribution in [3.8, 4) is 0 Å². The molecule has 13 heteroatoms. The topological polar surface area (TPSA) is 178 Å². The number of hydrogen-bond acceptors (Lipinski definition) is 11. The lowest BCUT2D eigenvalue weighted by molar-refractivity contribution is -0.301. The van der Waals surface area contributed by atoms with Crippen molar-refractivity contribution >= 4 is 16.4 Å². The summed E-state index contributed by atoms with van der Waals surface area (Å²) in [5.41, 5.74) is 0. The molecule has 0 aromatic rings. The molecule has 432 valence electrons. The van der Waals surface area contributed by atoms with E-state index in [4.69, 9.17) is 18.9 Å². The van der Waals surface area contributed by atoms with Crippen LogP contribution in [0.2, 0.25) is 0 Å². The van der Waals surface area contributed by atoms with Crippen molar-refractivity contribution in [2.24, 2.45) is 0 Å². The molecule has 0 radical (unpaired) electrons. The van der Waals surface area contributed by atoms with E-state index in [2.05, 4.69) is 78.8 Å². The predicted molar refractivity (Wildman–Crippen MR) is 303 cm³/mol. The monoisotopic (exact) mass is 1070 g/mol. The number of rotatable bonds is 53. The Bertz CT molecular complexity index is 1510. The van der Waals surface area contributed by atoms with E-state index >= 15 is 0 Å². The van der Waals surface area contributed by atoms with Crippen LogP contribution in [-0.2, 0) is 38.3 Å². The second-order valence-corrected chi connectivity index (χ2v) is 21.6. The minimum absolute atomic E-state index is 0.0313. The van der Waals surface area contributed by atoms with Crippen molar-refractivity contribution in [3.05, 3.63) is 60.8 Å². The van der Waals surface area contributed by atoms with Gasteiger partial charge in [0.1, 0.15) is 30.5 Å². The Morgan fingerprint density at radius 3 is 1.38 bits per heavy atom. The molecule has 1 aliphatic heterocycles. The molecule has 1 rings (SSSR count). The standard InChI is InChI=1S/C61H110O12S/c1-3-5-7-9-11-13-15-17-19-21-23-25-27-28-29-30-32-34-36-38-40-42-44-46-48-50-57(63)71-55(54-70-61-59(65)60(73-74(66,67)68)58(64)56(52-62)72-61)53-69-51-49-47-45-43-41-39-37-35-33-31-26-24-22-20-18-16-14-12-10-8-6-4-2/h6,8,12,14,18,20-21,23-24,26,55-56,58-62,64-65H,3-5,7,9-11,13,15-17,19,22,25,27-54H2,1-2H3,(H,66,67,68)/b8-6-,14-12-,20-18-,23-21-,26-24-. The zero-order valence-electron chi connectivity index (χ0n) is 46.9. The summed E-state index contributed by atoms with van der Waals surface area (Å²) in [6.07, 6.45) is 58.3. The molecule has 1 heterocycles. The minimum atomic E-state index is -5.07. The van der Waals surface area contributed by atoms with Gasteiger partial charge < -0.3 is 34.3 Å². The average molecular weight is 1070 g/mol. The van der Waals surface area contributed by atoms with Gasteiger partial charge in [-0.3, -0.25) is 9.35 Å². The van der Waals surface area contributed by atoms with Gasteiger partial charge in [-0.05, 0) is 77.0 Å². The Balaban J connectivity index is 2.28. The van der Waals surface area contributed by atoms with Crippen LogP contribution in [0.4, 0.5) is 0 Å². The van der Waals surface area contributed by atoms with Crippen LogP contribution < -0.4 is 0 Å². The van der Waals surface area contributed by atoms with Crippen molar-refractivity contribution in [1.82, 2.24) is 0 Å². The van der Waals surface area contributed by atoms with Crippen LogP contribution >= 0.6 is 0 Å². The summed E-state index contributed by atoms with van der Waals surface area (Å²) < 4.78 is 59.5. The number of carbonyl (C=O) groups is 1. The molecule has 6 atom stereocenters. The maximum absolute atomic E-state index is 13.0. The summed E-state index contributed by atoms with van der Waals surface area (Å²) in [6, 6.07) is 0. The van der Waals surface area contributed by atoms with Gasteiger partial charge in [0.05, 0.1) is 19.8 Å². The van der Waals surface area contributed by atoms with Crippen molar-refractivity contribution < 1.29 is 56.2 Å². The Hall–Kier alpha value is -2.20. The maximum atomic E-state index is 13.0. The summed E-state index contributed by atoms with van der Waals surface area (Å²) in [6.45, 7) is 3.90. The van der Waals surface area contributed by atoms with Gasteiger partial charge in [-0.1, -0.05) is 235 Å². The lowest BCUT2D eigenvalue weighted by atomic mass is 9.99. The van der Waals surface area contributed by atoms with Gasteiger partial charge in [0.2, 0.25) is 0 Å². The molecule has 1 aliphatic rings. The molecule has 12 nitrogen and oxygen atoms in total. The summed E-state index contributed by atoms with van der Waals surface area (Å²) in [4.78, 5) is 13.0. The largest absolute Gasteiger partial charge is 0.457 e. The van der Waals surface area contributed by atoms with Crippen LogP contribution in [0.5, 0.6) is 0 Å². The van der Waals surface area contributed by atoms with Crippen LogP contribution in [0, 0.1) is 0 Å². The summed E-state index contributed by atoms with van der Waals surface area (Å²) in [5, 5.41) is 30.9. The maximum Gasteiger partial charge on any atom is 0.397 e. The smallest absolute Gasteiger partial charge is 0.397 e. The fourth-order valence-electron chi connectivity index (χ4n) is 9.13. The number of allylic oxidation sites excluding steroid dienone is 10. The molecule has 1 saturated heterocycles. The van der Waals surface area contributed by atoms with Crippen molar-refractivity contribution in [2.45, 2.75) is 295 Å². The van der Waals surface area contributed by atoms with E-state index in [0.29, 0.717) is 13.0 Å². The van der Waals surface area contributed by atoms with Gasteiger partial charge >= 0.3 is 16.4 Å². The lowest BCUT2D eigenvalue weighted by Crippen LogP contribution is -2.60. The summed E-state index contributed by atoms with van der Waals surface area (Å²) in [5.74, 6) is -0.399. The van der Waals surface area contributed by atoms with E-state index in [1.54, 1.807) is 0 Å². The van der Waals surface area contributed by atoms with Crippen molar-refractivity contribution in [1.29, 1.82) is 0 Å². The Kier molecular flexibility index (Phi) is 48.6. The quantitative estimate of drug-likeness (QED) is 0.0196. The van der Waals surface area contributed by atoms with Gasteiger partial charge in [0.15, 0.2) is 6.29 Å². The van der Waals surface area contributed by atoms with Gasteiger partial charge in [-0.25, -0.2) is 4.18 Å².